The maximum atomic E-state index is 15.4. The van der Waals surface area contributed by atoms with Gasteiger partial charge in [-0.05, 0) is 192 Å². The maximum absolute atomic E-state index is 15.4. The van der Waals surface area contributed by atoms with Crippen molar-refractivity contribution in [1.82, 2.24) is 0 Å². The van der Waals surface area contributed by atoms with Crippen molar-refractivity contribution in [3.05, 3.63) is 315 Å². The lowest BCUT2D eigenvalue weighted by Gasteiger charge is -2.36. The number of phenolic OH excluding ortho intramolecular Hbond substituents is 2. The highest BCUT2D eigenvalue weighted by Gasteiger charge is 2.52. The first-order valence-corrected chi connectivity index (χ1v) is 27.2. The molecular weight excluding hydrogens is 1140 g/mol. The van der Waals surface area contributed by atoms with Crippen LogP contribution in [0, 0.1) is 0 Å². The highest BCUT2D eigenvalue weighted by atomic mass is 19.4. The van der Waals surface area contributed by atoms with E-state index in [9.17, 15) is 49.7 Å². The first kappa shape index (κ1) is 56.1. The molecule has 2 N–H and O–H groups in total. The van der Waals surface area contributed by atoms with Crippen molar-refractivity contribution in [1.29, 1.82) is 0 Å². The molecule has 2 atom stereocenters. The van der Waals surface area contributed by atoms with E-state index >= 15 is 13.2 Å². The van der Waals surface area contributed by atoms with Crippen LogP contribution in [0.25, 0.3) is 44.5 Å². The number of rotatable bonds is 9. The van der Waals surface area contributed by atoms with Crippen LogP contribution in [-0.4, -0.2) is 10.2 Å². The zero-order valence-electron chi connectivity index (χ0n) is 45.0. The van der Waals surface area contributed by atoms with E-state index in [0.29, 0.717) is 84.2 Å². The van der Waals surface area contributed by atoms with Gasteiger partial charge in [-0.3, -0.25) is 0 Å². The number of nitrogens with zero attached hydrogens (tertiary/aromatic N) is 1. The molecule has 3 nitrogen and oxygen atoms in total. The molecular formula is C72H43F12NO2. The topological polar surface area (TPSA) is 43.7 Å². The molecule has 0 radical (unpaired) electrons. The summed E-state index contributed by atoms with van der Waals surface area (Å²) < 4.78 is 176. The van der Waals surface area contributed by atoms with Crippen LogP contribution in [0.5, 0.6) is 11.5 Å². The molecule has 0 bridgehead atoms. The summed E-state index contributed by atoms with van der Waals surface area (Å²) in [6.07, 6.45) is -20.6. The van der Waals surface area contributed by atoms with Crippen LogP contribution in [-0.2, 0) is 35.5 Å². The number of alkyl halides is 12. The summed E-state index contributed by atoms with van der Waals surface area (Å²) in [6.45, 7) is 0. The molecule has 11 aromatic carbocycles. The van der Waals surface area contributed by atoms with E-state index in [4.69, 9.17) is 0 Å². The number of para-hydroxylation sites is 1. The smallest absolute Gasteiger partial charge is 0.416 e. The van der Waals surface area contributed by atoms with Crippen molar-refractivity contribution in [2.24, 2.45) is 0 Å². The zero-order chi connectivity index (χ0) is 61.0. The number of anilines is 3. The van der Waals surface area contributed by atoms with E-state index in [1.165, 1.54) is 48.5 Å². The summed E-state index contributed by atoms with van der Waals surface area (Å²) in [7, 11) is 0. The van der Waals surface area contributed by atoms with Gasteiger partial charge in [-0.2, -0.15) is 52.7 Å². The van der Waals surface area contributed by atoms with E-state index in [1.54, 1.807) is 72.8 Å². The van der Waals surface area contributed by atoms with Gasteiger partial charge in [0, 0.05) is 17.1 Å². The molecule has 2 aliphatic rings. The molecule has 0 aromatic heterocycles. The second-order valence-electron chi connectivity index (χ2n) is 21.5. The van der Waals surface area contributed by atoms with Gasteiger partial charge in [0.15, 0.2) is 0 Å². The second kappa shape index (κ2) is 20.3. The highest BCUT2D eigenvalue weighted by molar-refractivity contribution is 5.91. The minimum atomic E-state index is -5.23. The van der Waals surface area contributed by atoms with Crippen molar-refractivity contribution in [2.45, 2.75) is 35.5 Å². The Balaban J connectivity index is 0.895. The molecule has 0 saturated carbocycles. The Morgan fingerprint density at radius 2 is 0.678 bits per heavy atom. The van der Waals surface area contributed by atoms with Crippen LogP contribution < -0.4 is 4.90 Å². The molecule has 11 aromatic rings. The number of benzene rings is 11. The molecule has 0 fully saturated rings. The summed E-state index contributed by atoms with van der Waals surface area (Å²) in [6, 6.07) is 63.6. The quantitative estimate of drug-likeness (QED) is 0.142. The van der Waals surface area contributed by atoms with Gasteiger partial charge in [-0.25, -0.2) is 0 Å². The average Bonchev–Trinajstić information content (AvgIpc) is 1.59. The lowest BCUT2D eigenvalue weighted by atomic mass is 9.66. The van der Waals surface area contributed by atoms with Crippen LogP contribution in [0.15, 0.2) is 249 Å². The van der Waals surface area contributed by atoms with Gasteiger partial charge < -0.3 is 15.1 Å². The third-order valence-electron chi connectivity index (χ3n) is 16.7. The lowest BCUT2D eigenvalue weighted by Crippen LogP contribution is -2.32. The molecule has 432 valence electrons. The zero-order valence-corrected chi connectivity index (χ0v) is 45.0. The van der Waals surface area contributed by atoms with E-state index in [-0.39, 0.29) is 34.8 Å². The number of hydrogen-bond acceptors (Lipinski definition) is 3. The fourth-order valence-corrected chi connectivity index (χ4v) is 13.0. The van der Waals surface area contributed by atoms with Crippen LogP contribution >= 0.6 is 0 Å². The molecule has 0 saturated heterocycles. The molecule has 0 amide bonds. The van der Waals surface area contributed by atoms with Crippen LogP contribution in [0.1, 0.15) is 66.8 Å². The van der Waals surface area contributed by atoms with Gasteiger partial charge in [-0.15, -0.1) is 0 Å². The van der Waals surface area contributed by atoms with E-state index in [1.807, 2.05) is 95.9 Å². The molecule has 13 rings (SSSR count). The Labute approximate surface area is 490 Å². The SMILES string of the molecule is Oc1ccc(C2(c3cc(C(F)(F)F)cc(C(F)(F)F)c3)c3ccccc3-c3cc(-c4ccc(N(c5ccccc5)c5ccc(-c6ccc7c(c6)C(c6ccc(O)cc6)(c6ccc(C(F)(F)F)cc6C(F)(F)F)c6ccccc6-7)cc5)cc4)ccc32)cc1. The number of hydrogen-bond donors (Lipinski definition) is 2. The van der Waals surface area contributed by atoms with Gasteiger partial charge in [0.25, 0.3) is 0 Å². The summed E-state index contributed by atoms with van der Waals surface area (Å²) in [5, 5.41) is 20.8. The second-order valence-corrected chi connectivity index (χ2v) is 21.5. The third kappa shape index (κ3) is 9.34. The molecule has 87 heavy (non-hydrogen) atoms. The summed E-state index contributed by atoms with van der Waals surface area (Å²) in [4.78, 5) is 2.00. The summed E-state index contributed by atoms with van der Waals surface area (Å²) in [5.41, 5.74) is -0.659. The minimum absolute atomic E-state index is 0.108. The lowest BCUT2D eigenvalue weighted by molar-refractivity contribution is -0.145. The monoisotopic (exact) mass is 1180 g/mol. The largest absolute Gasteiger partial charge is 0.508 e. The van der Waals surface area contributed by atoms with E-state index in [0.717, 1.165) is 29.4 Å². The Morgan fingerprint density at radius 1 is 0.264 bits per heavy atom. The van der Waals surface area contributed by atoms with Gasteiger partial charge >= 0.3 is 24.7 Å². The summed E-state index contributed by atoms with van der Waals surface area (Å²) in [5.74, 6) is -0.322. The van der Waals surface area contributed by atoms with Crippen LogP contribution in [0.4, 0.5) is 69.7 Å². The van der Waals surface area contributed by atoms with Crippen LogP contribution in [0.3, 0.4) is 0 Å². The predicted octanol–water partition coefficient (Wildman–Crippen LogP) is 20.7. The number of fused-ring (bicyclic) bond motifs is 6. The molecule has 0 heterocycles. The predicted molar refractivity (Wildman–Crippen MR) is 310 cm³/mol. The average molecular weight is 1180 g/mol. The standard InChI is InChI=1S/C72H43F12NO2/c73-69(74,75)48-24-35-64(66(41-48)72(82,83)84)68(47-22-31-56(87)32-23-47)62-13-7-4-10-57(62)59-33-18-45(37-65(59)68)43-16-27-54(28-17-43)85(52-8-2-1-3-9-52)53-25-14-42(15-26-53)44-19-34-63-60(36-44)58-11-5-6-12-61(58)67(63,46-20-29-55(86)30-21-46)49-38-50(70(76,77)78)40-51(39-49)71(79,80)81/h1-41,86-87H. The van der Waals surface area contributed by atoms with E-state index in [2.05, 4.69) is 0 Å². The fraction of sp³-hybridized carbons (Fsp3) is 0.0833. The minimum Gasteiger partial charge on any atom is -0.508 e. The molecule has 0 spiro atoms. The van der Waals surface area contributed by atoms with Crippen molar-refractivity contribution in [3.8, 4) is 56.0 Å². The molecule has 2 aliphatic carbocycles. The number of halogens is 12. The van der Waals surface area contributed by atoms with Gasteiger partial charge in [0.2, 0.25) is 0 Å². The first-order valence-electron chi connectivity index (χ1n) is 27.2. The molecule has 2 unspecified atom stereocenters. The summed E-state index contributed by atoms with van der Waals surface area (Å²) >= 11 is 0. The third-order valence-corrected chi connectivity index (χ3v) is 16.7. The van der Waals surface area contributed by atoms with Gasteiger partial charge in [0.05, 0.1) is 33.1 Å². The number of phenols is 2. The first-order chi connectivity index (χ1) is 41.4. The fourth-order valence-electron chi connectivity index (χ4n) is 13.0. The highest BCUT2D eigenvalue weighted by Crippen LogP contribution is 2.61. The van der Waals surface area contributed by atoms with Gasteiger partial charge in [-0.1, -0.05) is 146 Å². The Kier molecular flexibility index (Phi) is 13.1. The Bertz CT molecular complexity index is 4430. The Morgan fingerprint density at radius 3 is 1.21 bits per heavy atom. The molecule has 15 heteroatoms. The van der Waals surface area contributed by atoms with Gasteiger partial charge in [0.1, 0.15) is 11.5 Å². The maximum Gasteiger partial charge on any atom is 0.416 e. The Hall–Kier alpha value is -10.0. The van der Waals surface area contributed by atoms with Crippen molar-refractivity contribution in [2.75, 3.05) is 4.90 Å². The van der Waals surface area contributed by atoms with Crippen molar-refractivity contribution >= 4 is 17.1 Å². The molecule has 0 aliphatic heterocycles. The number of aromatic hydroxyl groups is 2. The normalized spacial score (nSPS) is 16.2. The van der Waals surface area contributed by atoms with Crippen molar-refractivity contribution in [3.63, 3.8) is 0 Å². The van der Waals surface area contributed by atoms with Crippen molar-refractivity contribution < 1.29 is 62.9 Å². The van der Waals surface area contributed by atoms with Crippen LogP contribution in [0.2, 0.25) is 0 Å². The van der Waals surface area contributed by atoms with E-state index < -0.39 is 63.4 Å².